The van der Waals surface area contributed by atoms with E-state index in [1.165, 1.54) is 6.42 Å². The van der Waals surface area contributed by atoms with E-state index in [1.807, 2.05) is 10.9 Å². The second-order valence-corrected chi connectivity index (χ2v) is 4.90. The Labute approximate surface area is 110 Å². The summed E-state index contributed by atoms with van der Waals surface area (Å²) in [5, 5.41) is 11.4. The summed E-state index contributed by atoms with van der Waals surface area (Å²) in [5.74, 6) is 0.762. The lowest BCUT2D eigenvalue weighted by atomic mass is 10.1. The number of aromatic nitrogens is 3. The SMILES string of the molecule is CCNCc1cn(CCOCCCC(C)C)nn1. The highest BCUT2D eigenvalue weighted by molar-refractivity contribution is 4.91. The van der Waals surface area contributed by atoms with Crippen molar-refractivity contribution in [1.29, 1.82) is 0 Å². The van der Waals surface area contributed by atoms with Crippen molar-refractivity contribution in [2.24, 2.45) is 5.92 Å². The lowest BCUT2D eigenvalue weighted by molar-refractivity contribution is 0.117. The van der Waals surface area contributed by atoms with Crippen molar-refractivity contribution in [3.63, 3.8) is 0 Å². The van der Waals surface area contributed by atoms with E-state index in [0.29, 0.717) is 6.61 Å². The van der Waals surface area contributed by atoms with Gasteiger partial charge in [-0.25, -0.2) is 4.68 Å². The second-order valence-electron chi connectivity index (χ2n) is 4.90. The molecular formula is C13H26N4O. The monoisotopic (exact) mass is 254 g/mol. The van der Waals surface area contributed by atoms with Crippen LogP contribution in [0.15, 0.2) is 6.20 Å². The van der Waals surface area contributed by atoms with Gasteiger partial charge in [0.05, 0.1) is 18.8 Å². The Kier molecular flexibility index (Phi) is 7.60. The van der Waals surface area contributed by atoms with Crippen LogP contribution in [0.1, 0.15) is 39.3 Å². The molecule has 0 amide bonds. The van der Waals surface area contributed by atoms with Gasteiger partial charge in [-0.1, -0.05) is 26.0 Å². The van der Waals surface area contributed by atoms with Gasteiger partial charge in [0, 0.05) is 19.3 Å². The third-order valence-electron chi connectivity index (χ3n) is 2.68. The van der Waals surface area contributed by atoms with Crippen LogP contribution in [0.3, 0.4) is 0 Å². The lowest BCUT2D eigenvalue weighted by Crippen LogP contribution is -2.12. The van der Waals surface area contributed by atoms with Crippen LogP contribution in [0.4, 0.5) is 0 Å². The zero-order valence-electron chi connectivity index (χ0n) is 11.9. The van der Waals surface area contributed by atoms with E-state index in [-0.39, 0.29) is 0 Å². The van der Waals surface area contributed by atoms with Gasteiger partial charge in [0.15, 0.2) is 0 Å². The summed E-state index contributed by atoms with van der Waals surface area (Å²) in [4.78, 5) is 0. The number of rotatable bonds is 10. The maximum absolute atomic E-state index is 5.57. The van der Waals surface area contributed by atoms with Crippen LogP contribution in [0.2, 0.25) is 0 Å². The molecular weight excluding hydrogens is 228 g/mol. The van der Waals surface area contributed by atoms with Crippen LogP contribution in [-0.2, 0) is 17.8 Å². The van der Waals surface area contributed by atoms with Gasteiger partial charge in [-0.3, -0.25) is 0 Å². The summed E-state index contributed by atoms with van der Waals surface area (Å²) < 4.78 is 7.42. The van der Waals surface area contributed by atoms with E-state index in [2.05, 4.69) is 36.4 Å². The molecule has 1 rings (SSSR count). The Morgan fingerprint density at radius 3 is 2.94 bits per heavy atom. The van der Waals surface area contributed by atoms with Crippen molar-refractivity contribution in [2.45, 2.75) is 46.7 Å². The second kappa shape index (κ2) is 9.05. The fourth-order valence-corrected chi connectivity index (χ4v) is 1.64. The van der Waals surface area contributed by atoms with Gasteiger partial charge in [-0.15, -0.1) is 5.10 Å². The van der Waals surface area contributed by atoms with Crippen molar-refractivity contribution in [2.75, 3.05) is 19.8 Å². The van der Waals surface area contributed by atoms with Crippen molar-refractivity contribution >= 4 is 0 Å². The molecule has 0 aliphatic heterocycles. The number of hydrogen-bond acceptors (Lipinski definition) is 4. The van der Waals surface area contributed by atoms with Crippen LogP contribution in [0.25, 0.3) is 0 Å². The minimum atomic E-state index is 0.710. The molecule has 0 aliphatic carbocycles. The van der Waals surface area contributed by atoms with Gasteiger partial charge in [-0.2, -0.15) is 0 Å². The van der Waals surface area contributed by atoms with Crippen molar-refractivity contribution in [3.8, 4) is 0 Å². The molecule has 0 saturated heterocycles. The smallest absolute Gasteiger partial charge is 0.0964 e. The van der Waals surface area contributed by atoms with E-state index in [1.54, 1.807) is 0 Å². The Morgan fingerprint density at radius 1 is 1.39 bits per heavy atom. The predicted octanol–water partition coefficient (Wildman–Crippen LogP) is 1.84. The summed E-state index contributed by atoms with van der Waals surface area (Å²) in [6.07, 6.45) is 4.34. The Morgan fingerprint density at radius 2 is 2.22 bits per heavy atom. The van der Waals surface area contributed by atoms with E-state index in [0.717, 1.165) is 44.3 Å². The highest BCUT2D eigenvalue weighted by Gasteiger charge is 2.00. The molecule has 0 saturated carbocycles. The van der Waals surface area contributed by atoms with E-state index < -0.39 is 0 Å². The van der Waals surface area contributed by atoms with Crippen LogP contribution in [0.5, 0.6) is 0 Å². The molecule has 0 aromatic carbocycles. The number of ether oxygens (including phenoxy) is 1. The molecule has 5 nitrogen and oxygen atoms in total. The maximum atomic E-state index is 5.57. The average molecular weight is 254 g/mol. The van der Waals surface area contributed by atoms with Crippen LogP contribution >= 0.6 is 0 Å². The molecule has 0 fully saturated rings. The molecule has 0 bridgehead atoms. The molecule has 1 heterocycles. The molecule has 104 valence electrons. The molecule has 18 heavy (non-hydrogen) atoms. The Bertz CT molecular complexity index is 312. The quantitative estimate of drug-likeness (QED) is 0.647. The number of nitrogens with one attached hydrogen (secondary N) is 1. The first-order valence-electron chi connectivity index (χ1n) is 6.89. The Hall–Kier alpha value is -0.940. The van der Waals surface area contributed by atoms with Crippen molar-refractivity contribution < 1.29 is 4.74 Å². The zero-order chi connectivity index (χ0) is 13.2. The maximum Gasteiger partial charge on any atom is 0.0964 e. The van der Waals surface area contributed by atoms with Gasteiger partial charge in [-0.05, 0) is 25.3 Å². The van der Waals surface area contributed by atoms with Gasteiger partial charge >= 0.3 is 0 Å². The van der Waals surface area contributed by atoms with Crippen molar-refractivity contribution in [3.05, 3.63) is 11.9 Å². The van der Waals surface area contributed by atoms with Gasteiger partial charge in [0.2, 0.25) is 0 Å². The molecule has 0 radical (unpaired) electrons. The molecule has 1 N–H and O–H groups in total. The van der Waals surface area contributed by atoms with Crippen molar-refractivity contribution in [1.82, 2.24) is 20.3 Å². The summed E-state index contributed by atoms with van der Waals surface area (Å²) in [6.45, 7) is 10.6. The fourth-order valence-electron chi connectivity index (χ4n) is 1.64. The Balaban J connectivity index is 2.06. The first-order chi connectivity index (χ1) is 8.72. The summed E-state index contributed by atoms with van der Waals surface area (Å²) in [5.41, 5.74) is 0.983. The van der Waals surface area contributed by atoms with Gasteiger partial charge in [0.25, 0.3) is 0 Å². The third kappa shape index (κ3) is 6.71. The summed E-state index contributed by atoms with van der Waals surface area (Å²) in [6, 6.07) is 0. The topological polar surface area (TPSA) is 52.0 Å². The number of nitrogens with zero attached hydrogens (tertiary/aromatic N) is 3. The average Bonchev–Trinajstić information content (AvgIpc) is 2.78. The summed E-state index contributed by atoms with van der Waals surface area (Å²) in [7, 11) is 0. The van der Waals surface area contributed by atoms with Crippen LogP contribution in [-0.4, -0.2) is 34.8 Å². The molecule has 0 spiro atoms. The minimum Gasteiger partial charge on any atom is -0.380 e. The zero-order valence-corrected chi connectivity index (χ0v) is 11.9. The lowest BCUT2D eigenvalue weighted by Gasteiger charge is -2.05. The van der Waals surface area contributed by atoms with E-state index in [9.17, 15) is 0 Å². The van der Waals surface area contributed by atoms with E-state index >= 15 is 0 Å². The highest BCUT2D eigenvalue weighted by atomic mass is 16.5. The van der Waals surface area contributed by atoms with Gasteiger partial charge < -0.3 is 10.1 Å². The molecule has 1 aromatic heterocycles. The predicted molar refractivity (Wildman–Crippen MR) is 72.3 cm³/mol. The molecule has 1 aromatic rings. The van der Waals surface area contributed by atoms with Gasteiger partial charge in [0.1, 0.15) is 0 Å². The molecule has 5 heteroatoms. The van der Waals surface area contributed by atoms with Crippen LogP contribution in [0, 0.1) is 5.92 Å². The largest absolute Gasteiger partial charge is 0.380 e. The minimum absolute atomic E-state index is 0.710. The molecule has 0 atom stereocenters. The standard InChI is InChI=1S/C13H26N4O/c1-4-14-10-13-11-17(16-15-13)7-9-18-8-5-6-12(2)3/h11-12,14H,4-10H2,1-3H3. The fraction of sp³-hybridized carbons (Fsp3) is 0.846. The molecule has 0 aliphatic rings. The van der Waals surface area contributed by atoms with E-state index in [4.69, 9.17) is 4.74 Å². The third-order valence-corrected chi connectivity index (χ3v) is 2.68. The first-order valence-corrected chi connectivity index (χ1v) is 6.89. The van der Waals surface area contributed by atoms with Crippen LogP contribution < -0.4 is 5.32 Å². The number of hydrogen-bond donors (Lipinski definition) is 1. The molecule has 0 unspecified atom stereocenters. The first kappa shape index (κ1) is 15.1. The normalized spacial score (nSPS) is 11.3. The highest BCUT2D eigenvalue weighted by Crippen LogP contribution is 2.03. The summed E-state index contributed by atoms with van der Waals surface area (Å²) >= 11 is 0.